The maximum Gasteiger partial charge on any atom is 0.314 e. The number of hydrogen-bond donors (Lipinski definition) is 3. The van der Waals surface area contributed by atoms with E-state index in [-0.39, 0.29) is 0 Å². The summed E-state index contributed by atoms with van der Waals surface area (Å²) < 4.78 is 0. The Kier molecular flexibility index (Phi) is 4.04. The van der Waals surface area contributed by atoms with E-state index in [4.69, 9.17) is 5.11 Å². The van der Waals surface area contributed by atoms with Crippen molar-refractivity contribution in [2.75, 3.05) is 13.2 Å². The second-order valence-electron chi connectivity index (χ2n) is 3.91. The Morgan fingerprint density at radius 1 is 1.25 bits per heavy atom. The predicted octanol–water partition coefficient (Wildman–Crippen LogP) is 0.846. The number of aliphatic carboxylic acids is 1. The molecule has 88 valence electrons. The third kappa shape index (κ3) is 2.08. The topological polar surface area (TPSA) is 77.8 Å². The molecule has 0 heterocycles. The quantitative estimate of drug-likeness (QED) is 0.692. The van der Waals surface area contributed by atoms with Gasteiger partial charge in [-0.2, -0.15) is 0 Å². The standard InChI is InChI=1S/C12H16O4/c1-9(10-5-3-2-4-6-10)12(7-13,8-14)11(15)16/h2-6,9,13-14H,7-8H2,1H3,(H,15,16)/t9-/m1/s1. The van der Waals surface area contributed by atoms with Crippen LogP contribution in [0.5, 0.6) is 0 Å². The minimum atomic E-state index is -1.53. The zero-order valence-corrected chi connectivity index (χ0v) is 9.13. The van der Waals surface area contributed by atoms with Gasteiger partial charge in [0.2, 0.25) is 0 Å². The van der Waals surface area contributed by atoms with Crippen molar-refractivity contribution in [3.63, 3.8) is 0 Å². The van der Waals surface area contributed by atoms with Crippen LogP contribution in [0.25, 0.3) is 0 Å². The largest absolute Gasteiger partial charge is 0.481 e. The van der Waals surface area contributed by atoms with Crippen molar-refractivity contribution in [3.8, 4) is 0 Å². The van der Waals surface area contributed by atoms with Gasteiger partial charge >= 0.3 is 5.97 Å². The first-order chi connectivity index (χ1) is 7.58. The van der Waals surface area contributed by atoms with E-state index in [1.165, 1.54) is 0 Å². The molecule has 4 nitrogen and oxygen atoms in total. The monoisotopic (exact) mass is 224 g/mol. The van der Waals surface area contributed by atoms with Crippen LogP contribution < -0.4 is 0 Å². The summed E-state index contributed by atoms with van der Waals surface area (Å²) >= 11 is 0. The highest BCUT2D eigenvalue weighted by molar-refractivity contribution is 5.76. The first kappa shape index (κ1) is 12.7. The number of hydrogen-bond acceptors (Lipinski definition) is 3. The van der Waals surface area contributed by atoms with Gasteiger partial charge in [0.1, 0.15) is 5.41 Å². The van der Waals surface area contributed by atoms with Gasteiger partial charge < -0.3 is 15.3 Å². The van der Waals surface area contributed by atoms with Gasteiger partial charge in [-0.15, -0.1) is 0 Å². The summed E-state index contributed by atoms with van der Waals surface area (Å²) in [4.78, 5) is 11.2. The van der Waals surface area contributed by atoms with Crippen LogP contribution in [0.3, 0.4) is 0 Å². The van der Waals surface area contributed by atoms with Gasteiger partial charge in [0.05, 0.1) is 13.2 Å². The lowest BCUT2D eigenvalue weighted by molar-refractivity contribution is -0.156. The lowest BCUT2D eigenvalue weighted by Crippen LogP contribution is -2.43. The van der Waals surface area contributed by atoms with Crippen LogP contribution in [0.15, 0.2) is 30.3 Å². The number of carboxylic acid groups (broad SMARTS) is 1. The van der Waals surface area contributed by atoms with E-state index in [1.807, 2.05) is 6.07 Å². The molecule has 0 fully saturated rings. The summed E-state index contributed by atoms with van der Waals surface area (Å²) in [5.74, 6) is -1.64. The first-order valence-corrected chi connectivity index (χ1v) is 5.08. The Labute approximate surface area is 94.2 Å². The normalized spacial score (nSPS) is 13.4. The second kappa shape index (κ2) is 5.09. The van der Waals surface area contributed by atoms with Crippen molar-refractivity contribution >= 4 is 5.97 Å². The summed E-state index contributed by atoms with van der Waals surface area (Å²) in [6.07, 6.45) is 0. The maximum absolute atomic E-state index is 11.2. The molecule has 0 saturated carbocycles. The molecule has 0 radical (unpaired) electrons. The van der Waals surface area contributed by atoms with E-state index in [2.05, 4.69) is 0 Å². The molecule has 0 aliphatic rings. The summed E-state index contributed by atoms with van der Waals surface area (Å²) in [5.41, 5.74) is -0.741. The third-order valence-corrected chi connectivity index (χ3v) is 3.12. The molecule has 0 bridgehead atoms. The van der Waals surface area contributed by atoms with Gasteiger partial charge in [0, 0.05) is 5.92 Å². The van der Waals surface area contributed by atoms with Gasteiger partial charge in [-0.05, 0) is 5.56 Å². The number of aliphatic hydroxyl groups is 2. The minimum Gasteiger partial charge on any atom is -0.481 e. The van der Waals surface area contributed by atoms with Crippen LogP contribution in [0.2, 0.25) is 0 Å². The van der Waals surface area contributed by atoms with Crippen molar-refractivity contribution in [1.29, 1.82) is 0 Å². The molecular formula is C12H16O4. The molecule has 0 unspecified atom stereocenters. The predicted molar refractivity (Wildman–Crippen MR) is 59.1 cm³/mol. The number of aliphatic hydroxyl groups excluding tert-OH is 2. The Morgan fingerprint density at radius 3 is 2.12 bits per heavy atom. The first-order valence-electron chi connectivity index (χ1n) is 5.08. The summed E-state index contributed by atoms with van der Waals surface area (Å²) in [6, 6.07) is 9.00. The smallest absolute Gasteiger partial charge is 0.314 e. The highest BCUT2D eigenvalue weighted by Gasteiger charge is 2.43. The molecule has 0 aliphatic heterocycles. The highest BCUT2D eigenvalue weighted by Crippen LogP contribution is 2.35. The molecule has 1 rings (SSSR count). The second-order valence-corrected chi connectivity index (χ2v) is 3.91. The molecule has 0 spiro atoms. The van der Waals surface area contributed by atoms with Gasteiger partial charge in [-0.1, -0.05) is 37.3 Å². The third-order valence-electron chi connectivity index (χ3n) is 3.12. The molecule has 0 aromatic heterocycles. The summed E-state index contributed by atoms with van der Waals surface area (Å²) in [5, 5.41) is 27.6. The summed E-state index contributed by atoms with van der Waals surface area (Å²) in [6.45, 7) is 0.514. The van der Waals surface area contributed by atoms with Crippen molar-refractivity contribution in [1.82, 2.24) is 0 Å². The molecule has 0 amide bonds. The zero-order chi connectivity index (χ0) is 12.2. The van der Waals surface area contributed by atoms with E-state index in [9.17, 15) is 15.0 Å². The lowest BCUT2D eigenvalue weighted by Gasteiger charge is -2.31. The van der Waals surface area contributed by atoms with Crippen molar-refractivity contribution < 1.29 is 20.1 Å². The molecule has 4 heteroatoms. The highest BCUT2D eigenvalue weighted by atomic mass is 16.4. The molecule has 0 saturated heterocycles. The fourth-order valence-corrected chi connectivity index (χ4v) is 1.71. The van der Waals surface area contributed by atoms with E-state index in [0.717, 1.165) is 5.56 Å². The molecule has 1 aromatic rings. The Balaban J connectivity index is 3.10. The van der Waals surface area contributed by atoms with Crippen LogP contribution in [-0.2, 0) is 4.79 Å². The summed E-state index contributed by atoms with van der Waals surface area (Å²) in [7, 11) is 0. The zero-order valence-electron chi connectivity index (χ0n) is 9.13. The average Bonchev–Trinajstić information content (AvgIpc) is 2.32. The molecule has 1 atom stereocenters. The van der Waals surface area contributed by atoms with E-state index in [1.54, 1.807) is 31.2 Å². The molecular weight excluding hydrogens is 208 g/mol. The Morgan fingerprint density at radius 2 is 1.75 bits per heavy atom. The van der Waals surface area contributed by atoms with Crippen molar-refractivity contribution in [3.05, 3.63) is 35.9 Å². The number of benzene rings is 1. The van der Waals surface area contributed by atoms with Gasteiger partial charge in [-0.25, -0.2) is 0 Å². The van der Waals surface area contributed by atoms with Crippen LogP contribution in [0.4, 0.5) is 0 Å². The maximum atomic E-state index is 11.2. The van der Waals surface area contributed by atoms with E-state index < -0.39 is 30.5 Å². The Bertz CT molecular complexity index is 343. The molecule has 1 aromatic carbocycles. The van der Waals surface area contributed by atoms with Crippen LogP contribution in [0.1, 0.15) is 18.4 Å². The van der Waals surface area contributed by atoms with Gasteiger partial charge in [0.15, 0.2) is 0 Å². The fourth-order valence-electron chi connectivity index (χ4n) is 1.71. The fraction of sp³-hybridized carbons (Fsp3) is 0.417. The number of carbonyl (C=O) groups is 1. The van der Waals surface area contributed by atoms with Crippen LogP contribution >= 0.6 is 0 Å². The van der Waals surface area contributed by atoms with Crippen LogP contribution in [-0.4, -0.2) is 34.5 Å². The molecule has 3 N–H and O–H groups in total. The Hall–Kier alpha value is -1.39. The molecule has 0 aliphatic carbocycles. The van der Waals surface area contributed by atoms with Gasteiger partial charge in [0.25, 0.3) is 0 Å². The average molecular weight is 224 g/mol. The molecule has 16 heavy (non-hydrogen) atoms. The van der Waals surface area contributed by atoms with Crippen molar-refractivity contribution in [2.24, 2.45) is 5.41 Å². The van der Waals surface area contributed by atoms with Gasteiger partial charge in [-0.3, -0.25) is 4.79 Å². The number of rotatable bonds is 5. The number of carboxylic acids is 1. The lowest BCUT2D eigenvalue weighted by atomic mass is 9.74. The SMILES string of the molecule is C[C@H](c1ccccc1)C(CO)(CO)C(=O)O. The van der Waals surface area contributed by atoms with E-state index >= 15 is 0 Å². The van der Waals surface area contributed by atoms with Crippen LogP contribution in [0, 0.1) is 5.41 Å². The van der Waals surface area contributed by atoms with E-state index in [0.29, 0.717) is 0 Å². The van der Waals surface area contributed by atoms with Crippen molar-refractivity contribution in [2.45, 2.75) is 12.8 Å². The minimum absolute atomic E-state index is 0.457.